The number of rotatable bonds is 3. The van der Waals surface area contributed by atoms with Gasteiger partial charge in [-0.2, -0.15) is 0 Å². The summed E-state index contributed by atoms with van der Waals surface area (Å²) in [5.74, 6) is 2.21. The van der Waals surface area contributed by atoms with Crippen LogP contribution < -0.4 is 0 Å². The highest BCUT2D eigenvalue weighted by Gasteiger charge is 2.27. The molecule has 3 rings (SSSR count). The van der Waals surface area contributed by atoms with Crippen molar-refractivity contribution in [3.8, 4) is 12.3 Å². The first-order chi connectivity index (χ1) is 11.6. The van der Waals surface area contributed by atoms with Crippen LogP contribution in [0, 0.1) is 25.1 Å². The molecule has 3 nitrogen and oxygen atoms in total. The normalized spacial score (nSPS) is 15.2. The van der Waals surface area contributed by atoms with Gasteiger partial charge in [-0.15, -0.1) is 6.42 Å². The Morgan fingerprint density at radius 1 is 1.33 bits per heavy atom. The molecule has 0 spiro atoms. The lowest BCUT2D eigenvalue weighted by Crippen LogP contribution is -2.42. The van der Waals surface area contributed by atoms with Gasteiger partial charge in [0.2, 0.25) is 0 Å². The molecule has 0 unspecified atom stereocenters. The highest BCUT2D eigenvalue weighted by Crippen LogP contribution is 2.25. The van der Waals surface area contributed by atoms with Gasteiger partial charge < -0.3 is 4.90 Å². The Labute approximate surface area is 141 Å². The van der Waals surface area contributed by atoms with Gasteiger partial charge in [0.1, 0.15) is 5.82 Å². The molecule has 0 radical (unpaired) electrons. The van der Waals surface area contributed by atoms with E-state index in [-0.39, 0.29) is 17.8 Å². The summed E-state index contributed by atoms with van der Waals surface area (Å²) in [6, 6.07) is 6.42. The number of aromatic nitrogens is 1. The zero-order valence-electron chi connectivity index (χ0n) is 13.9. The van der Waals surface area contributed by atoms with Gasteiger partial charge >= 0.3 is 0 Å². The van der Waals surface area contributed by atoms with Gasteiger partial charge in [0.25, 0.3) is 5.91 Å². The minimum absolute atomic E-state index is 0.0731. The summed E-state index contributed by atoms with van der Waals surface area (Å²) < 4.78 is 13.4. The van der Waals surface area contributed by atoms with Crippen molar-refractivity contribution in [1.29, 1.82) is 0 Å². The Hall–Kier alpha value is -2.41. The van der Waals surface area contributed by atoms with Crippen LogP contribution in [0.5, 0.6) is 0 Å². The smallest absolute Gasteiger partial charge is 0.256 e. The van der Waals surface area contributed by atoms with Crippen LogP contribution in [-0.4, -0.2) is 28.4 Å². The van der Waals surface area contributed by atoms with Crippen LogP contribution in [-0.2, 0) is 0 Å². The molecular weight excluding hydrogens is 303 g/mol. The SMILES string of the molecule is C#CCN(C(=O)c1cc2ccc(F)cc2nc1C)C1CCCCC1. The van der Waals surface area contributed by atoms with Gasteiger partial charge in [-0.25, -0.2) is 4.39 Å². The molecule has 2 aromatic rings. The maximum Gasteiger partial charge on any atom is 0.256 e. The van der Waals surface area contributed by atoms with Crippen molar-refractivity contribution in [1.82, 2.24) is 9.88 Å². The van der Waals surface area contributed by atoms with Gasteiger partial charge in [-0.3, -0.25) is 9.78 Å². The lowest BCUT2D eigenvalue weighted by molar-refractivity contribution is 0.0666. The Kier molecular flexibility index (Phi) is 4.80. The number of carbonyl (C=O) groups is 1. The zero-order valence-corrected chi connectivity index (χ0v) is 13.9. The molecule has 0 N–H and O–H groups in total. The largest absolute Gasteiger partial charge is 0.324 e. The fourth-order valence-electron chi connectivity index (χ4n) is 3.47. The summed E-state index contributed by atoms with van der Waals surface area (Å²) >= 11 is 0. The summed E-state index contributed by atoms with van der Waals surface area (Å²) in [4.78, 5) is 19.3. The van der Waals surface area contributed by atoms with Gasteiger partial charge in [0.15, 0.2) is 0 Å². The third-order valence-electron chi connectivity index (χ3n) is 4.74. The van der Waals surface area contributed by atoms with E-state index in [0.29, 0.717) is 23.3 Å². The summed E-state index contributed by atoms with van der Waals surface area (Å²) in [6.07, 6.45) is 11.0. The summed E-state index contributed by atoms with van der Waals surface area (Å²) in [5, 5.41) is 0.759. The van der Waals surface area contributed by atoms with E-state index >= 15 is 0 Å². The van der Waals surface area contributed by atoms with Crippen LogP contribution in [0.25, 0.3) is 10.9 Å². The van der Waals surface area contributed by atoms with Crippen molar-refractivity contribution in [2.24, 2.45) is 0 Å². The van der Waals surface area contributed by atoms with Crippen molar-refractivity contribution < 1.29 is 9.18 Å². The van der Waals surface area contributed by atoms with Crippen LogP contribution in [0.1, 0.15) is 48.2 Å². The number of hydrogen-bond acceptors (Lipinski definition) is 2. The number of fused-ring (bicyclic) bond motifs is 1. The number of aryl methyl sites for hydroxylation is 1. The van der Waals surface area contributed by atoms with Gasteiger partial charge in [-0.1, -0.05) is 25.2 Å². The highest BCUT2D eigenvalue weighted by atomic mass is 19.1. The first kappa shape index (κ1) is 16.4. The van der Waals surface area contributed by atoms with Gasteiger partial charge in [-0.05, 0) is 38.0 Å². The van der Waals surface area contributed by atoms with Crippen molar-refractivity contribution in [3.05, 3.63) is 41.3 Å². The average molecular weight is 324 g/mol. The Balaban J connectivity index is 1.97. The maximum absolute atomic E-state index is 13.4. The molecule has 1 aromatic heterocycles. The number of hydrogen-bond donors (Lipinski definition) is 0. The third-order valence-corrected chi connectivity index (χ3v) is 4.74. The topological polar surface area (TPSA) is 33.2 Å². The molecule has 0 aliphatic heterocycles. The summed E-state index contributed by atoms with van der Waals surface area (Å²) in [6.45, 7) is 2.09. The minimum atomic E-state index is -0.329. The number of benzene rings is 1. The highest BCUT2D eigenvalue weighted by molar-refractivity contribution is 5.99. The average Bonchev–Trinajstić information content (AvgIpc) is 2.59. The Morgan fingerprint density at radius 3 is 2.79 bits per heavy atom. The number of carbonyl (C=O) groups excluding carboxylic acids is 1. The van der Waals surface area contributed by atoms with E-state index in [2.05, 4.69) is 10.9 Å². The van der Waals surface area contributed by atoms with Gasteiger partial charge in [0.05, 0.1) is 23.3 Å². The molecule has 124 valence electrons. The monoisotopic (exact) mass is 324 g/mol. The number of amides is 1. The van der Waals surface area contributed by atoms with E-state index < -0.39 is 0 Å². The maximum atomic E-state index is 13.4. The minimum Gasteiger partial charge on any atom is -0.324 e. The van der Waals surface area contributed by atoms with Crippen LogP contribution >= 0.6 is 0 Å². The quantitative estimate of drug-likeness (QED) is 0.797. The van der Waals surface area contributed by atoms with E-state index in [4.69, 9.17) is 6.42 Å². The van der Waals surface area contributed by atoms with Crippen molar-refractivity contribution in [2.45, 2.75) is 45.1 Å². The number of nitrogens with zero attached hydrogens (tertiary/aromatic N) is 2. The predicted molar refractivity (Wildman–Crippen MR) is 93.2 cm³/mol. The van der Waals surface area contributed by atoms with E-state index in [1.807, 2.05) is 0 Å². The number of pyridine rings is 1. The van der Waals surface area contributed by atoms with E-state index in [9.17, 15) is 9.18 Å². The molecule has 1 amide bonds. The zero-order chi connectivity index (χ0) is 17.1. The lowest BCUT2D eigenvalue weighted by atomic mass is 9.93. The first-order valence-electron chi connectivity index (χ1n) is 8.41. The molecule has 0 saturated heterocycles. The molecule has 0 atom stereocenters. The van der Waals surface area contributed by atoms with E-state index in [0.717, 1.165) is 31.1 Å². The molecule has 1 saturated carbocycles. The molecule has 1 heterocycles. The molecule has 1 fully saturated rings. The van der Waals surface area contributed by atoms with Crippen LogP contribution in [0.2, 0.25) is 0 Å². The fourth-order valence-corrected chi connectivity index (χ4v) is 3.47. The second-order valence-electron chi connectivity index (χ2n) is 6.39. The van der Waals surface area contributed by atoms with Crippen molar-refractivity contribution in [2.75, 3.05) is 6.54 Å². The lowest BCUT2D eigenvalue weighted by Gasteiger charge is -2.33. The van der Waals surface area contributed by atoms with Crippen molar-refractivity contribution >= 4 is 16.8 Å². The van der Waals surface area contributed by atoms with Crippen molar-refractivity contribution in [3.63, 3.8) is 0 Å². The standard InChI is InChI=1S/C20H21FN2O/c1-3-11-23(17-7-5-4-6-8-17)20(24)18-12-15-9-10-16(21)13-19(15)22-14(18)2/h1,9-10,12-13,17H,4-8,11H2,2H3. The summed E-state index contributed by atoms with van der Waals surface area (Å²) in [5.41, 5.74) is 1.72. The number of terminal acetylenes is 1. The molecule has 1 aliphatic carbocycles. The molecule has 1 aromatic carbocycles. The van der Waals surface area contributed by atoms with Crippen LogP contribution in [0.4, 0.5) is 4.39 Å². The predicted octanol–water partition coefficient (Wildman–Crippen LogP) is 4.09. The summed E-state index contributed by atoms with van der Waals surface area (Å²) in [7, 11) is 0. The Bertz CT molecular complexity index is 803. The van der Waals surface area contributed by atoms with Gasteiger partial charge in [0, 0.05) is 17.5 Å². The second kappa shape index (κ2) is 7.00. The molecular formula is C20H21FN2O. The fraction of sp³-hybridized carbons (Fsp3) is 0.400. The molecule has 1 aliphatic rings. The van der Waals surface area contributed by atoms with Crippen LogP contribution in [0.3, 0.4) is 0 Å². The second-order valence-corrected chi connectivity index (χ2v) is 6.39. The van der Waals surface area contributed by atoms with Crippen LogP contribution in [0.15, 0.2) is 24.3 Å². The third kappa shape index (κ3) is 3.26. The Morgan fingerprint density at radius 2 is 2.08 bits per heavy atom. The first-order valence-corrected chi connectivity index (χ1v) is 8.41. The molecule has 0 bridgehead atoms. The van der Waals surface area contributed by atoms with E-state index in [1.165, 1.54) is 18.6 Å². The number of halogens is 1. The molecule has 24 heavy (non-hydrogen) atoms. The molecule has 4 heteroatoms. The van der Waals surface area contributed by atoms with E-state index in [1.54, 1.807) is 24.0 Å².